The van der Waals surface area contributed by atoms with Crippen molar-refractivity contribution in [2.45, 2.75) is 24.8 Å². The zero-order chi connectivity index (χ0) is 19.6. The van der Waals surface area contributed by atoms with Gasteiger partial charge in [-0.3, -0.25) is 20.2 Å². The molecule has 1 heterocycles. The van der Waals surface area contributed by atoms with Crippen LogP contribution in [0.15, 0.2) is 46.0 Å². The quantitative estimate of drug-likeness (QED) is 0.345. The number of rotatable bonds is 6. The monoisotopic (exact) mass is 386 g/mol. The van der Waals surface area contributed by atoms with E-state index in [0.29, 0.717) is 11.5 Å². The summed E-state index contributed by atoms with van der Waals surface area (Å²) >= 11 is 1.15. The minimum Gasteiger partial charge on any atom is -0.411 e. The number of hydrogen-bond acceptors (Lipinski definition) is 8. The molecule has 0 bridgehead atoms. The van der Waals surface area contributed by atoms with E-state index in [1.165, 1.54) is 12.1 Å². The van der Waals surface area contributed by atoms with Crippen LogP contribution in [0.3, 0.4) is 0 Å². The molecule has 0 fully saturated rings. The summed E-state index contributed by atoms with van der Waals surface area (Å²) in [6, 6.07) is 9.41. The van der Waals surface area contributed by atoms with Gasteiger partial charge in [-0.2, -0.15) is 0 Å². The third-order valence-corrected chi connectivity index (χ3v) is 4.51. The van der Waals surface area contributed by atoms with Crippen LogP contribution in [0.25, 0.3) is 11.5 Å². The fourth-order valence-corrected chi connectivity index (χ4v) is 3.27. The SMILES string of the molecule is Cc1cc(C)cc(-c2nnc(SCc3cc([N+](=O)[O-])cc([N+](=O)[O-])c3)o2)c1. The van der Waals surface area contributed by atoms with Gasteiger partial charge in [0.1, 0.15) is 0 Å². The fraction of sp³-hybridized carbons (Fsp3) is 0.176. The van der Waals surface area contributed by atoms with Crippen molar-refractivity contribution in [3.05, 3.63) is 73.3 Å². The maximum atomic E-state index is 11.0. The molecule has 0 aliphatic heterocycles. The van der Waals surface area contributed by atoms with Crippen molar-refractivity contribution in [1.82, 2.24) is 10.2 Å². The molecule has 0 atom stereocenters. The molecule has 1 aromatic heterocycles. The Hall–Kier alpha value is -3.27. The second-order valence-corrected chi connectivity index (χ2v) is 6.84. The first-order valence-electron chi connectivity index (χ1n) is 7.79. The van der Waals surface area contributed by atoms with Gasteiger partial charge in [-0.25, -0.2) is 0 Å². The first kappa shape index (κ1) is 18.5. The average molecular weight is 386 g/mol. The third-order valence-electron chi connectivity index (χ3n) is 3.62. The van der Waals surface area contributed by atoms with Crippen molar-refractivity contribution in [3.63, 3.8) is 0 Å². The van der Waals surface area contributed by atoms with Crippen molar-refractivity contribution in [3.8, 4) is 11.5 Å². The molecule has 10 heteroatoms. The molecule has 0 N–H and O–H groups in total. The highest BCUT2D eigenvalue weighted by atomic mass is 32.2. The number of aromatic nitrogens is 2. The molecule has 138 valence electrons. The van der Waals surface area contributed by atoms with Crippen LogP contribution in [0.2, 0.25) is 0 Å². The number of thioether (sulfide) groups is 1. The Balaban J connectivity index is 1.79. The lowest BCUT2D eigenvalue weighted by atomic mass is 10.1. The second-order valence-electron chi connectivity index (χ2n) is 5.91. The molecule has 0 saturated carbocycles. The van der Waals surface area contributed by atoms with Crippen LogP contribution in [0.1, 0.15) is 16.7 Å². The van der Waals surface area contributed by atoms with E-state index in [0.717, 1.165) is 34.5 Å². The maximum Gasteiger partial charge on any atom is 0.277 e. The van der Waals surface area contributed by atoms with Crippen molar-refractivity contribution in [2.24, 2.45) is 0 Å². The molecule has 3 aromatic rings. The molecule has 0 radical (unpaired) electrons. The van der Waals surface area contributed by atoms with Crippen LogP contribution in [-0.4, -0.2) is 20.0 Å². The summed E-state index contributed by atoms with van der Waals surface area (Å²) in [5, 5.41) is 30.2. The predicted octanol–water partition coefficient (Wildman–Crippen LogP) is 4.46. The highest BCUT2D eigenvalue weighted by Crippen LogP contribution is 2.30. The van der Waals surface area contributed by atoms with Gasteiger partial charge < -0.3 is 4.42 Å². The Morgan fingerprint density at radius 3 is 2.07 bits per heavy atom. The number of nitro benzene ring substituents is 2. The topological polar surface area (TPSA) is 125 Å². The van der Waals surface area contributed by atoms with Crippen LogP contribution >= 0.6 is 11.8 Å². The molecule has 3 rings (SSSR count). The van der Waals surface area contributed by atoms with Crippen LogP contribution in [0, 0.1) is 34.1 Å². The summed E-state index contributed by atoms with van der Waals surface area (Å²) in [7, 11) is 0. The van der Waals surface area contributed by atoms with Crippen LogP contribution in [-0.2, 0) is 5.75 Å². The van der Waals surface area contributed by atoms with E-state index in [-0.39, 0.29) is 22.4 Å². The second kappa shape index (κ2) is 7.54. The molecule has 0 aliphatic carbocycles. The van der Waals surface area contributed by atoms with Crippen molar-refractivity contribution in [1.29, 1.82) is 0 Å². The molecule has 0 saturated heterocycles. The van der Waals surface area contributed by atoms with Gasteiger partial charge in [0, 0.05) is 23.4 Å². The van der Waals surface area contributed by atoms with Gasteiger partial charge in [-0.15, -0.1) is 10.2 Å². The molecule has 0 spiro atoms. The molecule has 0 aliphatic rings. The van der Waals surface area contributed by atoms with E-state index < -0.39 is 9.85 Å². The van der Waals surface area contributed by atoms with Gasteiger partial charge in [-0.05, 0) is 31.5 Å². The van der Waals surface area contributed by atoms with Gasteiger partial charge in [-0.1, -0.05) is 29.0 Å². The van der Waals surface area contributed by atoms with E-state index in [1.54, 1.807) is 0 Å². The smallest absolute Gasteiger partial charge is 0.277 e. The summed E-state index contributed by atoms with van der Waals surface area (Å²) in [6.45, 7) is 3.94. The largest absolute Gasteiger partial charge is 0.411 e. The molecule has 0 amide bonds. The van der Waals surface area contributed by atoms with E-state index in [4.69, 9.17) is 4.42 Å². The number of non-ortho nitro benzene ring substituents is 2. The average Bonchev–Trinajstić information content (AvgIpc) is 3.08. The minimum absolute atomic E-state index is 0.219. The number of nitrogens with zero attached hydrogens (tertiary/aromatic N) is 4. The molecule has 27 heavy (non-hydrogen) atoms. The highest BCUT2D eigenvalue weighted by molar-refractivity contribution is 7.98. The first-order valence-corrected chi connectivity index (χ1v) is 8.78. The lowest BCUT2D eigenvalue weighted by Gasteiger charge is -2.01. The Bertz CT molecular complexity index is 981. The van der Waals surface area contributed by atoms with Crippen molar-refractivity contribution >= 4 is 23.1 Å². The zero-order valence-electron chi connectivity index (χ0n) is 14.4. The summed E-state index contributed by atoms with van der Waals surface area (Å²) in [5.74, 6) is 0.589. The summed E-state index contributed by atoms with van der Waals surface area (Å²) in [4.78, 5) is 20.6. The lowest BCUT2D eigenvalue weighted by molar-refractivity contribution is -0.394. The van der Waals surface area contributed by atoms with Gasteiger partial charge in [0.15, 0.2) is 0 Å². The minimum atomic E-state index is -0.661. The third kappa shape index (κ3) is 4.47. The van der Waals surface area contributed by atoms with Crippen molar-refractivity contribution < 1.29 is 14.3 Å². The Morgan fingerprint density at radius 2 is 1.52 bits per heavy atom. The Labute approximate surface area is 157 Å². The summed E-state index contributed by atoms with van der Waals surface area (Å²) < 4.78 is 5.63. The van der Waals surface area contributed by atoms with Gasteiger partial charge in [0.2, 0.25) is 5.89 Å². The number of nitro groups is 2. The van der Waals surface area contributed by atoms with Gasteiger partial charge in [0.05, 0.1) is 15.9 Å². The van der Waals surface area contributed by atoms with Gasteiger partial charge in [0.25, 0.3) is 16.6 Å². The van der Waals surface area contributed by atoms with E-state index >= 15 is 0 Å². The molecule has 2 aromatic carbocycles. The summed E-state index contributed by atoms with van der Waals surface area (Å²) in [6.07, 6.45) is 0. The number of hydrogen-bond donors (Lipinski definition) is 0. The number of benzene rings is 2. The maximum absolute atomic E-state index is 11.0. The zero-order valence-corrected chi connectivity index (χ0v) is 15.2. The van der Waals surface area contributed by atoms with Crippen LogP contribution in [0.5, 0.6) is 0 Å². The standard InChI is InChI=1S/C17H14N4O5S/c1-10-3-11(2)5-13(4-10)16-18-19-17(26-16)27-9-12-6-14(20(22)23)8-15(7-12)21(24)25/h3-8H,9H2,1-2H3. The van der Waals surface area contributed by atoms with E-state index in [9.17, 15) is 20.2 Å². The molecule has 9 nitrogen and oxygen atoms in total. The molecule has 0 unspecified atom stereocenters. The normalized spacial score (nSPS) is 10.7. The predicted molar refractivity (Wildman–Crippen MR) is 98.5 cm³/mol. The van der Waals surface area contributed by atoms with E-state index in [1.807, 2.05) is 32.0 Å². The van der Waals surface area contributed by atoms with Crippen molar-refractivity contribution in [2.75, 3.05) is 0 Å². The summed E-state index contributed by atoms with van der Waals surface area (Å²) in [5.41, 5.74) is 2.70. The Morgan fingerprint density at radius 1 is 0.926 bits per heavy atom. The van der Waals surface area contributed by atoms with Gasteiger partial charge >= 0.3 is 0 Å². The lowest BCUT2D eigenvalue weighted by Crippen LogP contribution is -1.95. The number of aryl methyl sites for hydroxylation is 2. The first-order chi connectivity index (χ1) is 12.8. The van der Waals surface area contributed by atoms with E-state index in [2.05, 4.69) is 10.2 Å². The fourth-order valence-electron chi connectivity index (χ4n) is 2.58. The highest BCUT2D eigenvalue weighted by Gasteiger charge is 2.17. The van der Waals surface area contributed by atoms with Crippen LogP contribution in [0.4, 0.5) is 11.4 Å². The molecular formula is C17H14N4O5S. The van der Waals surface area contributed by atoms with Crippen LogP contribution < -0.4 is 0 Å². The Kier molecular flexibility index (Phi) is 5.17. The molecular weight excluding hydrogens is 372 g/mol.